The van der Waals surface area contributed by atoms with E-state index in [-0.39, 0.29) is 0 Å². The molecule has 0 amide bonds. The Hall–Kier alpha value is -2.55. The van der Waals surface area contributed by atoms with Gasteiger partial charge in [-0.3, -0.25) is 4.98 Å². The van der Waals surface area contributed by atoms with E-state index >= 15 is 0 Å². The Bertz CT molecular complexity index is 781. The van der Waals surface area contributed by atoms with Gasteiger partial charge in [0, 0.05) is 23.7 Å². The van der Waals surface area contributed by atoms with E-state index in [0.29, 0.717) is 6.42 Å². The van der Waals surface area contributed by atoms with Crippen molar-refractivity contribution in [1.29, 1.82) is 0 Å². The molecule has 0 unspecified atom stereocenters. The Labute approximate surface area is 123 Å². The number of pyridine rings is 1. The van der Waals surface area contributed by atoms with Crippen LogP contribution in [0.4, 0.5) is 0 Å². The number of nitrogens with zero attached hydrogens (tertiary/aromatic N) is 3. The molecule has 0 saturated carbocycles. The Kier molecular flexibility index (Phi) is 2.96. The van der Waals surface area contributed by atoms with Crippen LogP contribution < -0.4 is 0 Å². The molecule has 0 spiro atoms. The largest absolute Gasteiger partial charge is 0.261 e. The van der Waals surface area contributed by atoms with Crippen molar-refractivity contribution >= 4 is 0 Å². The summed E-state index contributed by atoms with van der Waals surface area (Å²) < 4.78 is 0. The maximum absolute atomic E-state index is 4.80. The van der Waals surface area contributed by atoms with Crippen molar-refractivity contribution in [2.45, 2.75) is 19.3 Å². The van der Waals surface area contributed by atoms with Gasteiger partial charge in [0.2, 0.25) is 0 Å². The third-order valence-corrected chi connectivity index (χ3v) is 3.92. The van der Waals surface area contributed by atoms with E-state index in [4.69, 9.17) is 4.98 Å². The van der Waals surface area contributed by atoms with Gasteiger partial charge in [-0.05, 0) is 36.1 Å². The average Bonchev–Trinajstić information content (AvgIpc) is 2.56. The fourth-order valence-electron chi connectivity index (χ4n) is 2.85. The Morgan fingerprint density at radius 1 is 0.857 bits per heavy atom. The quantitative estimate of drug-likeness (QED) is 0.719. The van der Waals surface area contributed by atoms with Crippen LogP contribution in [-0.4, -0.2) is 15.0 Å². The van der Waals surface area contributed by atoms with Gasteiger partial charge in [-0.15, -0.1) is 0 Å². The van der Waals surface area contributed by atoms with E-state index in [1.165, 1.54) is 16.7 Å². The minimum atomic E-state index is 0.677. The molecule has 0 aliphatic heterocycles. The predicted molar refractivity (Wildman–Crippen MR) is 81.9 cm³/mol. The summed E-state index contributed by atoms with van der Waals surface area (Å²) >= 11 is 0. The molecule has 0 radical (unpaired) electrons. The number of rotatable bonds is 2. The molecule has 4 rings (SSSR count). The number of aryl methyl sites for hydroxylation is 2. The van der Waals surface area contributed by atoms with Crippen molar-refractivity contribution in [1.82, 2.24) is 15.0 Å². The Balaban J connectivity index is 1.74. The van der Waals surface area contributed by atoms with Crippen molar-refractivity contribution < 1.29 is 0 Å². The summed E-state index contributed by atoms with van der Waals surface area (Å²) in [7, 11) is 0. The highest BCUT2D eigenvalue weighted by atomic mass is 14.9. The van der Waals surface area contributed by atoms with Gasteiger partial charge >= 0.3 is 0 Å². The van der Waals surface area contributed by atoms with Gasteiger partial charge in [0.15, 0.2) is 0 Å². The first-order valence-corrected chi connectivity index (χ1v) is 7.23. The molecule has 102 valence electrons. The molecule has 1 aliphatic carbocycles. The second kappa shape index (κ2) is 5.09. The van der Waals surface area contributed by atoms with Crippen LogP contribution in [0.15, 0.2) is 54.9 Å². The van der Waals surface area contributed by atoms with Crippen molar-refractivity contribution in [3.8, 4) is 11.3 Å². The molecule has 3 aromatic rings. The molecule has 2 heterocycles. The van der Waals surface area contributed by atoms with Crippen LogP contribution >= 0.6 is 0 Å². The first-order valence-electron chi connectivity index (χ1n) is 7.23. The Morgan fingerprint density at radius 2 is 1.71 bits per heavy atom. The van der Waals surface area contributed by atoms with Gasteiger partial charge in [0.05, 0.1) is 12.1 Å². The van der Waals surface area contributed by atoms with Gasteiger partial charge in [0.1, 0.15) is 5.82 Å². The molecule has 3 nitrogen and oxygen atoms in total. The Morgan fingerprint density at radius 3 is 2.62 bits per heavy atom. The summed E-state index contributed by atoms with van der Waals surface area (Å²) in [6.07, 6.45) is 6.57. The van der Waals surface area contributed by atoms with Crippen LogP contribution in [0.25, 0.3) is 11.3 Å². The molecule has 3 heteroatoms. The van der Waals surface area contributed by atoms with Crippen molar-refractivity contribution in [2.75, 3.05) is 0 Å². The summed E-state index contributed by atoms with van der Waals surface area (Å²) in [4.78, 5) is 13.7. The van der Waals surface area contributed by atoms with Gasteiger partial charge in [-0.25, -0.2) is 9.97 Å². The summed E-state index contributed by atoms with van der Waals surface area (Å²) in [5, 5.41) is 0. The molecule has 0 fully saturated rings. The lowest BCUT2D eigenvalue weighted by molar-refractivity contribution is 0.870. The molecule has 21 heavy (non-hydrogen) atoms. The minimum absolute atomic E-state index is 0.677. The van der Waals surface area contributed by atoms with Crippen LogP contribution in [0.2, 0.25) is 0 Å². The second-order valence-corrected chi connectivity index (χ2v) is 5.32. The van der Waals surface area contributed by atoms with Crippen LogP contribution in [-0.2, 0) is 19.3 Å². The zero-order chi connectivity index (χ0) is 14.1. The van der Waals surface area contributed by atoms with E-state index < -0.39 is 0 Å². The number of benzene rings is 1. The smallest absolute Gasteiger partial charge is 0.134 e. The molecule has 2 aromatic heterocycles. The molecule has 0 saturated heterocycles. The molecule has 0 atom stereocenters. The lowest BCUT2D eigenvalue weighted by Crippen LogP contribution is -2.09. The average molecular weight is 273 g/mol. The minimum Gasteiger partial charge on any atom is -0.261 e. The number of hydrogen-bond acceptors (Lipinski definition) is 3. The molecular weight excluding hydrogens is 258 g/mol. The highest BCUT2D eigenvalue weighted by Crippen LogP contribution is 2.31. The third kappa shape index (κ3) is 2.31. The van der Waals surface area contributed by atoms with Gasteiger partial charge in [-0.1, -0.05) is 30.3 Å². The highest BCUT2D eigenvalue weighted by molar-refractivity contribution is 5.69. The van der Waals surface area contributed by atoms with Crippen molar-refractivity contribution in [3.63, 3.8) is 0 Å². The summed E-state index contributed by atoms with van der Waals surface area (Å²) in [5.41, 5.74) is 5.98. The van der Waals surface area contributed by atoms with E-state index in [1.807, 2.05) is 30.6 Å². The predicted octanol–water partition coefficient (Wildman–Crippen LogP) is 3.23. The number of hydrogen-bond donors (Lipinski definition) is 0. The monoisotopic (exact) mass is 273 g/mol. The van der Waals surface area contributed by atoms with Gasteiger partial charge < -0.3 is 0 Å². The van der Waals surface area contributed by atoms with Gasteiger partial charge in [0.25, 0.3) is 0 Å². The molecule has 1 aromatic carbocycles. The van der Waals surface area contributed by atoms with Crippen LogP contribution in [0.3, 0.4) is 0 Å². The molecule has 0 N–H and O–H groups in total. The fourth-order valence-corrected chi connectivity index (χ4v) is 2.85. The molecule has 1 aliphatic rings. The lowest BCUT2D eigenvalue weighted by atomic mass is 9.90. The van der Waals surface area contributed by atoms with Crippen LogP contribution in [0.5, 0.6) is 0 Å². The van der Waals surface area contributed by atoms with E-state index in [0.717, 1.165) is 30.1 Å². The molecular formula is C18H15N3. The third-order valence-electron chi connectivity index (χ3n) is 3.92. The van der Waals surface area contributed by atoms with Crippen molar-refractivity contribution in [2.24, 2.45) is 0 Å². The fraction of sp³-hybridized carbons (Fsp3) is 0.167. The number of fused-ring (bicyclic) bond motifs is 3. The van der Waals surface area contributed by atoms with Gasteiger partial charge in [-0.2, -0.15) is 0 Å². The zero-order valence-corrected chi connectivity index (χ0v) is 11.7. The first kappa shape index (κ1) is 12.2. The standard InChI is InChI=1S/C18H15N3/c1-2-7-16-13(5-1)8-9-14-12-20-17(21-18(14)16)11-15-6-3-4-10-19-15/h1-7,10,12H,8-9,11H2. The highest BCUT2D eigenvalue weighted by Gasteiger charge is 2.18. The SMILES string of the molecule is c1ccc(Cc2ncc3c(n2)-c2ccccc2CC3)nc1. The summed E-state index contributed by atoms with van der Waals surface area (Å²) in [6.45, 7) is 0. The number of aromatic nitrogens is 3. The van der Waals surface area contributed by atoms with Crippen LogP contribution in [0.1, 0.15) is 22.6 Å². The van der Waals surface area contributed by atoms with Crippen molar-refractivity contribution in [3.05, 3.63) is 77.5 Å². The first-order chi connectivity index (χ1) is 10.4. The topological polar surface area (TPSA) is 38.7 Å². The lowest BCUT2D eigenvalue weighted by Gasteiger charge is -2.18. The van der Waals surface area contributed by atoms with E-state index in [2.05, 4.69) is 34.2 Å². The maximum Gasteiger partial charge on any atom is 0.134 e. The second-order valence-electron chi connectivity index (χ2n) is 5.32. The van der Waals surface area contributed by atoms with E-state index in [1.54, 1.807) is 0 Å². The molecule has 0 bridgehead atoms. The summed E-state index contributed by atoms with van der Waals surface area (Å²) in [5.74, 6) is 0.837. The summed E-state index contributed by atoms with van der Waals surface area (Å²) in [6, 6.07) is 14.5. The normalized spacial score (nSPS) is 12.6. The van der Waals surface area contributed by atoms with E-state index in [9.17, 15) is 0 Å². The van der Waals surface area contributed by atoms with Crippen LogP contribution in [0, 0.1) is 0 Å². The maximum atomic E-state index is 4.80. The zero-order valence-electron chi connectivity index (χ0n) is 11.7.